The highest BCUT2D eigenvalue weighted by Crippen LogP contribution is 2.36. The molecule has 1 amide bonds. The number of halogens is 1. The second-order valence-electron chi connectivity index (χ2n) is 8.17. The van der Waals surface area contributed by atoms with Gasteiger partial charge in [-0.3, -0.25) is 14.6 Å². The minimum atomic E-state index is -0.424. The van der Waals surface area contributed by atoms with Crippen molar-refractivity contribution >= 4 is 39.8 Å². The molecule has 2 aromatic carbocycles. The molecule has 0 unspecified atom stereocenters. The first-order chi connectivity index (χ1) is 16.5. The fourth-order valence-electron chi connectivity index (χ4n) is 4.05. The molecule has 34 heavy (non-hydrogen) atoms. The summed E-state index contributed by atoms with van der Waals surface area (Å²) >= 11 is 7.44. The maximum absolute atomic E-state index is 12.8. The summed E-state index contributed by atoms with van der Waals surface area (Å²) in [5, 5.41) is 6.13. The minimum Gasteiger partial charge on any atom is -0.462 e. The van der Waals surface area contributed by atoms with E-state index in [1.54, 1.807) is 6.92 Å². The van der Waals surface area contributed by atoms with Gasteiger partial charge in [-0.15, -0.1) is 11.3 Å². The Labute approximate surface area is 209 Å². The number of hydrogen-bond donors (Lipinski definition) is 1. The number of carbonyl (C=O) groups excluding carboxylic acids is 2. The highest BCUT2D eigenvalue weighted by Gasteiger charge is 2.24. The van der Waals surface area contributed by atoms with Crippen LogP contribution in [0.25, 0.3) is 11.1 Å². The van der Waals surface area contributed by atoms with E-state index in [1.807, 2.05) is 53.9 Å². The van der Waals surface area contributed by atoms with Gasteiger partial charge in [0.2, 0.25) is 5.91 Å². The number of thiophene rings is 1. The molecule has 1 aliphatic heterocycles. The molecule has 1 saturated heterocycles. The number of anilines is 1. The number of carbonyl (C=O) groups is 2. The predicted molar refractivity (Wildman–Crippen MR) is 138 cm³/mol. The van der Waals surface area contributed by atoms with Crippen molar-refractivity contribution in [3.63, 3.8) is 0 Å². The summed E-state index contributed by atoms with van der Waals surface area (Å²) < 4.78 is 5.28. The maximum Gasteiger partial charge on any atom is 0.341 e. The van der Waals surface area contributed by atoms with E-state index in [-0.39, 0.29) is 19.1 Å². The van der Waals surface area contributed by atoms with E-state index in [4.69, 9.17) is 16.3 Å². The van der Waals surface area contributed by atoms with Gasteiger partial charge in [0.05, 0.1) is 13.2 Å². The largest absolute Gasteiger partial charge is 0.462 e. The van der Waals surface area contributed by atoms with Crippen LogP contribution in [0.4, 0.5) is 5.00 Å². The summed E-state index contributed by atoms with van der Waals surface area (Å²) in [6.45, 7) is 6.55. The van der Waals surface area contributed by atoms with Gasteiger partial charge in [-0.1, -0.05) is 54.1 Å². The van der Waals surface area contributed by atoms with E-state index < -0.39 is 5.97 Å². The predicted octanol–water partition coefficient (Wildman–Crippen LogP) is 5.00. The van der Waals surface area contributed by atoms with E-state index >= 15 is 0 Å². The van der Waals surface area contributed by atoms with Crippen LogP contribution in [-0.4, -0.2) is 61.0 Å². The third kappa shape index (κ3) is 6.24. The van der Waals surface area contributed by atoms with Crippen LogP contribution in [0.1, 0.15) is 22.8 Å². The lowest BCUT2D eigenvalue weighted by Gasteiger charge is -2.34. The monoisotopic (exact) mass is 497 g/mol. The number of rotatable bonds is 8. The Hall–Kier alpha value is -2.71. The minimum absolute atomic E-state index is 0.129. The van der Waals surface area contributed by atoms with Crippen LogP contribution in [-0.2, 0) is 16.1 Å². The Balaban J connectivity index is 1.36. The summed E-state index contributed by atoms with van der Waals surface area (Å²) in [6, 6.07) is 17.6. The zero-order valence-electron chi connectivity index (χ0n) is 19.1. The van der Waals surface area contributed by atoms with E-state index in [0.717, 1.165) is 48.9 Å². The van der Waals surface area contributed by atoms with Gasteiger partial charge in [0.15, 0.2) is 0 Å². The SMILES string of the molecule is CCOC(=O)c1c(-c2ccccc2)csc1NC(=O)CN1CCN(Cc2cccc(Cl)c2)CC1. The van der Waals surface area contributed by atoms with Crippen molar-refractivity contribution in [2.75, 3.05) is 44.6 Å². The number of hydrogen-bond acceptors (Lipinski definition) is 6. The van der Waals surface area contributed by atoms with Crippen molar-refractivity contribution in [3.8, 4) is 11.1 Å². The molecule has 0 atom stereocenters. The highest BCUT2D eigenvalue weighted by atomic mass is 35.5. The molecule has 0 bridgehead atoms. The zero-order chi connectivity index (χ0) is 23.9. The number of ether oxygens (including phenoxy) is 1. The van der Waals surface area contributed by atoms with Crippen LogP contribution in [0, 0.1) is 0 Å². The first kappa shape index (κ1) is 24.4. The Morgan fingerprint density at radius 3 is 2.47 bits per heavy atom. The first-order valence-corrected chi connectivity index (χ1v) is 12.6. The number of benzene rings is 2. The number of amides is 1. The van der Waals surface area contributed by atoms with Gasteiger partial charge < -0.3 is 10.1 Å². The van der Waals surface area contributed by atoms with Gasteiger partial charge >= 0.3 is 5.97 Å². The number of nitrogens with one attached hydrogen (secondary N) is 1. The van der Waals surface area contributed by atoms with Gasteiger partial charge in [-0.05, 0) is 30.2 Å². The van der Waals surface area contributed by atoms with Crippen LogP contribution >= 0.6 is 22.9 Å². The van der Waals surface area contributed by atoms with E-state index in [0.29, 0.717) is 10.6 Å². The Morgan fingerprint density at radius 1 is 1.03 bits per heavy atom. The van der Waals surface area contributed by atoms with Gasteiger partial charge in [-0.25, -0.2) is 4.79 Å². The van der Waals surface area contributed by atoms with E-state index in [2.05, 4.69) is 21.2 Å². The fraction of sp³-hybridized carbons (Fsp3) is 0.308. The third-order valence-electron chi connectivity index (χ3n) is 5.74. The summed E-state index contributed by atoms with van der Waals surface area (Å²) in [5.74, 6) is -0.553. The molecule has 1 fully saturated rings. The van der Waals surface area contributed by atoms with E-state index in [9.17, 15) is 9.59 Å². The summed E-state index contributed by atoms with van der Waals surface area (Å²) in [4.78, 5) is 30.1. The molecule has 2 heterocycles. The lowest BCUT2D eigenvalue weighted by atomic mass is 10.0. The molecular weight excluding hydrogens is 470 g/mol. The molecule has 0 aliphatic carbocycles. The molecule has 1 aliphatic rings. The average molecular weight is 498 g/mol. The molecule has 3 aromatic rings. The molecule has 0 saturated carbocycles. The topological polar surface area (TPSA) is 61.9 Å². The van der Waals surface area contributed by atoms with Gasteiger partial charge in [-0.2, -0.15) is 0 Å². The molecule has 0 radical (unpaired) electrons. The van der Waals surface area contributed by atoms with Crippen LogP contribution in [0.15, 0.2) is 60.0 Å². The smallest absolute Gasteiger partial charge is 0.341 e. The molecule has 1 aromatic heterocycles. The highest BCUT2D eigenvalue weighted by molar-refractivity contribution is 7.15. The molecular formula is C26H28ClN3O3S. The van der Waals surface area contributed by atoms with Gasteiger partial charge in [0.1, 0.15) is 10.6 Å². The van der Waals surface area contributed by atoms with Crippen molar-refractivity contribution in [3.05, 3.63) is 76.1 Å². The van der Waals surface area contributed by atoms with Gasteiger partial charge in [0.25, 0.3) is 0 Å². The molecule has 1 N–H and O–H groups in total. The number of nitrogens with zero attached hydrogens (tertiary/aromatic N) is 2. The Bertz CT molecular complexity index is 1130. The molecule has 6 nitrogen and oxygen atoms in total. The average Bonchev–Trinajstić information content (AvgIpc) is 3.24. The zero-order valence-corrected chi connectivity index (χ0v) is 20.7. The Kier molecular flexibility index (Phi) is 8.34. The van der Waals surface area contributed by atoms with Crippen molar-refractivity contribution < 1.29 is 14.3 Å². The second kappa shape index (κ2) is 11.6. The van der Waals surface area contributed by atoms with Crippen LogP contribution in [0.5, 0.6) is 0 Å². The van der Waals surface area contributed by atoms with Crippen LogP contribution in [0.2, 0.25) is 5.02 Å². The third-order valence-corrected chi connectivity index (χ3v) is 6.87. The second-order valence-corrected chi connectivity index (χ2v) is 9.49. The fourth-order valence-corrected chi connectivity index (χ4v) is 5.24. The standard InChI is InChI=1S/C26H28ClN3O3S/c1-2-33-26(32)24-22(20-8-4-3-5-9-20)18-34-25(24)28-23(31)17-30-13-11-29(12-14-30)16-19-7-6-10-21(27)15-19/h3-10,15,18H,2,11-14,16-17H2,1H3,(H,28,31). The summed E-state index contributed by atoms with van der Waals surface area (Å²) in [7, 11) is 0. The van der Waals surface area contributed by atoms with Crippen molar-refractivity contribution in [2.24, 2.45) is 0 Å². The van der Waals surface area contributed by atoms with Crippen LogP contribution in [0.3, 0.4) is 0 Å². The lowest BCUT2D eigenvalue weighted by Crippen LogP contribution is -2.48. The maximum atomic E-state index is 12.8. The summed E-state index contributed by atoms with van der Waals surface area (Å²) in [6.07, 6.45) is 0. The summed E-state index contributed by atoms with van der Waals surface area (Å²) in [5.41, 5.74) is 3.29. The first-order valence-electron chi connectivity index (χ1n) is 11.4. The number of esters is 1. The Morgan fingerprint density at radius 2 is 1.76 bits per heavy atom. The van der Waals surface area contributed by atoms with Crippen LogP contribution < -0.4 is 5.32 Å². The van der Waals surface area contributed by atoms with Crippen molar-refractivity contribution in [1.29, 1.82) is 0 Å². The number of piperazine rings is 1. The van der Waals surface area contributed by atoms with Gasteiger partial charge in [0, 0.05) is 48.7 Å². The quantitative estimate of drug-likeness (QED) is 0.444. The molecule has 4 rings (SSSR count). The molecule has 178 valence electrons. The van der Waals surface area contributed by atoms with Crippen molar-refractivity contribution in [2.45, 2.75) is 13.5 Å². The molecule has 0 spiro atoms. The normalized spacial score (nSPS) is 14.6. The van der Waals surface area contributed by atoms with E-state index in [1.165, 1.54) is 16.9 Å². The molecule has 8 heteroatoms. The lowest BCUT2D eigenvalue weighted by molar-refractivity contribution is -0.117. The van der Waals surface area contributed by atoms with Crippen molar-refractivity contribution in [1.82, 2.24) is 9.80 Å².